The van der Waals surface area contributed by atoms with Gasteiger partial charge in [-0.2, -0.15) is 0 Å². The number of fused-ring (bicyclic) bond motifs is 1. The first-order valence-electron chi connectivity index (χ1n) is 10.9. The third-order valence-electron chi connectivity index (χ3n) is 5.82. The van der Waals surface area contributed by atoms with Gasteiger partial charge in [-0.25, -0.2) is 4.79 Å². The van der Waals surface area contributed by atoms with E-state index in [1.54, 1.807) is 29.2 Å². The Labute approximate surface area is 198 Å². The molecule has 0 bridgehead atoms. The van der Waals surface area contributed by atoms with Crippen LogP contribution in [0.5, 0.6) is 0 Å². The van der Waals surface area contributed by atoms with E-state index in [1.165, 1.54) is 11.1 Å². The molecule has 0 spiro atoms. The maximum atomic E-state index is 13.2. The Balaban J connectivity index is 1.61. The lowest BCUT2D eigenvalue weighted by Gasteiger charge is -2.24. The molecule has 0 fully saturated rings. The molecular weight excluding hydrogens is 434 g/mol. The summed E-state index contributed by atoms with van der Waals surface area (Å²) < 4.78 is 0. The summed E-state index contributed by atoms with van der Waals surface area (Å²) in [5, 5.41) is 4.47. The number of anilines is 1. The standard InChI is InChI=1S/C27H26ClN3O2/c1-18-6-3-4-8-20(18)14-15-31(27(33)29-24-12-10-23(28)11-13-24)17-22-16-21-9-5-7-19(2)25(21)30-26(22)32/h3-13,16H,14-15,17H2,1-2H3,(H,29,33)(H,30,32). The number of hydrogen-bond donors (Lipinski definition) is 2. The van der Waals surface area contributed by atoms with E-state index in [1.807, 2.05) is 43.3 Å². The van der Waals surface area contributed by atoms with Crippen molar-refractivity contribution in [2.45, 2.75) is 26.8 Å². The van der Waals surface area contributed by atoms with Crippen LogP contribution in [-0.2, 0) is 13.0 Å². The SMILES string of the molecule is Cc1ccccc1CCN(Cc1cc2cccc(C)c2[nH]c1=O)C(=O)Nc1ccc(Cl)cc1. The minimum Gasteiger partial charge on any atom is -0.321 e. The minimum absolute atomic E-state index is 0.183. The number of aromatic amines is 1. The van der Waals surface area contributed by atoms with Crippen molar-refractivity contribution >= 4 is 34.2 Å². The van der Waals surface area contributed by atoms with Crippen molar-refractivity contribution in [1.82, 2.24) is 9.88 Å². The first-order chi connectivity index (χ1) is 15.9. The van der Waals surface area contributed by atoms with Crippen molar-refractivity contribution in [2.75, 3.05) is 11.9 Å². The fourth-order valence-electron chi connectivity index (χ4n) is 3.89. The second-order valence-electron chi connectivity index (χ2n) is 8.20. The lowest BCUT2D eigenvalue weighted by molar-refractivity contribution is 0.209. The number of hydrogen-bond acceptors (Lipinski definition) is 2. The minimum atomic E-state index is -0.269. The molecular formula is C27H26ClN3O2. The van der Waals surface area contributed by atoms with E-state index in [0.717, 1.165) is 16.5 Å². The molecule has 3 aromatic carbocycles. The third-order valence-corrected chi connectivity index (χ3v) is 6.07. The van der Waals surface area contributed by atoms with Crippen LogP contribution >= 0.6 is 11.6 Å². The summed E-state index contributed by atoms with van der Waals surface area (Å²) in [6, 6.07) is 22.6. The quantitative estimate of drug-likeness (QED) is 0.367. The number of halogens is 1. The maximum Gasteiger partial charge on any atom is 0.322 e. The lowest BCUT2D eigenvalue weighted by Crippen LogP contribution is -2.37. The van der Waals surface area contributed by atoms with Crippen LogP contribution in [0.1, 0.15) is 22.3 Å². The summed E-state index contributed by atoms with van der Waals surface area (Å²) in [6.45, 7) is 4.69. The van der Waals surface area contributed by atoms with Crippen molar-refractivity contribution in [3.63, 3.8) is 0 Å². The van der Waals surface area contributed by atoms with Gasteiger partial charge >= 0.3 is 6.03 Å². The van der Waals surface area contributed by atoms with Gasteiger partial charge in [-0.05, 0) is 72.7 Å². The highest BCUT2D eigenvalue weighted by atomic mass is 35.5. The number of nitrogens with zero attached hydrogens (tertiary/aromatic N) is 1. The lowest BCUT2D eigenvalue weighted by atomic mass is 10.1. The van der Waals surface area contributed by atoms with Gasteiger partial charge in [0.2, 0.25) is 0 Å². The second-order valence-corrected chi connectivity index (χ2v) is 8.63. The monoisotopic (exact) mass is 459 g/mol. The largest absolute Gasteiger partial charge is 0.322 e. The number of amides is 2. The molecule has 168 valence electrons. The fourth-order valence-corrected chi connectivity index (χ4v) is 4.01. The van der Waals surface area contributed by atoms with Crippen LogP contribution in [0.4, 0.5) is 10.5 Å². The van der Waals surface area contributed by atoms with E-state index in [0.29, 0.717) is 29.2 Å². The van der Waals surface area contributed by atoms with E-state index in [2.05, 4.69) is 29.4 Å². The van der Waals surface area contributed by atoms with Gasteiger partial charge in [0, 0.05) is 22.8 Å². The molecule has 0 aliphatic rings. The van der Waals surface area contributed by atoms with Gasteiger partial charge in [0.05, 0.1) is 12.1 Å². The van der Waals surface area contributed by atoms with Crippen molar-refractivity contribution in [3.05, 3.63) is 110 Å². The van der Waals surface area contributed by atoms with Crippen molar-refractivity contribution < 1.29 is 4.79 Å². The highest BCUT2D eigenvalue weighted by molar-refractivity contribution is 6.30. The number of aryl methyl sites for hydroxylation is 2. The summed E-state index contributed by atoms with van der Waals surface area (Å²) in [4.78, 5) is 30.7. The molecule has 0 atom stereocenters. The van der Waals surface area contributed by atoms with E-state index >= 15 is 0 Å². The number of para-hydroxylation sites is 1. The van der Waals surface area contributed by atoms with Gasteiger partial charge in [-0.15, -0.1) is 0 Å². The molecule has 1 aromatic heterocycles. The van der Waals surface area contributed by atoms with Crippen LogP contribution in [0, 0.1) is 13.8 Å². The number of carbonyl (C=O) groups is 1. The smallest absolute Gasteiger partial charge is 0.321 e. The van der Waals surface area contributed by atoms with Crippen LogP contribution in [-0.4, -0.2) is 22.5 Å². The van der Waals surface area contributed by atoms with Gasteiger partial charge in [-0.3, -0.25) is 4.79 Å². The molecule has 6 heteroatoms. The molecule has 0 radical (unpaired) electrons. The molecule has 0 saturated heterocycles. The molecule has 0 saturated carbocycles. The van der Waals surface area contributed by atoms with E-state index in [4.69, 9.17) is 11.6 Å². The van der Waals surface area contributed by atoms with Crippen molar-refractivity contribution in [2.24, 2.45) is 0 Å². The Hall–Kier alpha value is -3.57. The van der Waals surface area contributed by atoms with Crippen LogP contribution < -0.4 is 10.9 Å². The highest BCUT2D eigenvalue weighted by Gasteiger charge is 2.17. The molecule has 2 amide bonds. The summed E-state index contributed by atoms with van der Waals surface area (Å²) in [7, 11) is 0. The topological polar surface area (TPSA) is 65.2 Å². The number of aromatic nitrogens is 1. The Bertz CT molecular complexity index is 1350. The fraction of sp³-hybridized carbons (Fsp3) is 0.185. The number of nitrogens with one attached hydrogen (secondary N) is 2. The van der Waals surface area contributed by atoms with Gasteiger partial charge < -0.3 is 15.2 Å². The van der Waals surface area contributed by atoms with Crippen LogP contribution in [0.2, 0.25) is 5.02 Å². The zero-order chi connectivity index (χ0) is 23.4. The van der Waals surface area contributed by atoms with Gasteiger partial charge in [0.15, 0.2) is 0 Å². The number of H-pyrrole nitrogens is 1. The summed E-state index contributed by atoms with van der Waals surface area (Å²) >= 11 is 5.97. The number of pyridine rings is 1. The first-order valence-corrected chi connectivity index (χ1v) is 11.3. The number of rotatable bonds is 6. The molecule has 33 heavy (non-hydrogen) atoms. The molecule has 2 N–H and O–H groups in total. The molecule has 5 nitrogen and oxygen atoms in total. The Morgan fingerprint density at radius 2 is 1.67 bits per heavy atom. The van der Waals surface area contributed by atoms with Crippen LogP contribution in [0.3, 0.4) is 0 Å². The molecule has 1 heterocycles. The van der Waals surface area contributed by atoms with Gasteiger partial charge in [-0.1, -0.05) is 54.1 Å². The first kappa shape index (κ1) is 22.6. The summed E-state index contributed by atoms with van der Waals surface area (Å²) in [5.74, 6) is 0. The second kappa shape index (κ2) is 9.92. The average Bonchev–Trinajstić information content (AvgIpc) is 2.80. The Kier molecular flexibility index (Phi) is 6.80. The van der Waals surface area contributed by atoms with Crippen molar-refractivity contribution in [1.29, 1.82) is 0 Å². The number of urea groups is 1. The van der Waals surface area contributed by atoms with E-state index in [-0.39, 0.29) is 18.1 Å². The summed E-state index contributed by atoms with van der Waals surface area (Å²) in [6.07, 6.45) is 0.686. The average molecular weight is 460 g/mol. The van der Waals surface area contributed by atoms with E-state index in [9.17, 15) is 9.59 Å². The van der Waals surface area contributed by atoms with Crippen molar-refractivity contribution in [3.8, 4) is 0 Å². The highest BCUT2D eigenvalue weighted by Crippen LogP contribution is 2.18. The molecule has 0 aliphatic heterocycles. The van der Waals surface area contributed by atoms with Crippen LogP contribution in [0.15, 0.2) is 77.6 Å². The van der Waals surface area contributed by atoms with E-state index < -0.39 is 0 Å². The maximum absolute atomic E-state index is 13.2. The Morgan fingerprint density at radius 3 is 2.42 bits per heavy atom. The molecule has 4 aromatic rings. The number of benzene rings is 3. The van der Waals surface area contributed by atoms with Gasteiger partial charge in [0.25, 0.3) is 5.56 Å². The summed E-state index contributed by atoms with van der Waals surface area (Å²) in [5.41, 5.74) is 5.19. The predicted octanol–water partition coefficient (Wildman–Crippen LogP) is 6.08. The normalized spacial score (nSPS) is 10.9. The Morgan fingerprint density at radius 1 is 0.939 bits per heavy atom. The predicted molar refractivity (Wildman–Crippen MR) is 135 cm³/mol. The molecule has 0 unspecified atom stereocenters. The van der Waals surface area contributed by atoms with Crippen LogP contribution in [0.25, 0.3) is 10.9 Å². The molecule has 4 rings (SSSR count). The zero-order valence-corrected chi connectivity index (χ0v) is 19.4. The molecule has 0 aliphatic carbocycles. The third kappa shape index (κ3) is 5.44. The number of carbonyl (C=O) groups excluding carboxylic acids is 1. The zero-order valence-electron chi connectivity index (χ0n) is 18.7. The van der Waals surface area contributed by atoms with Gasteiger partial charge in [0.1, 0.15) is 0 Å².